The Bertz CT molecular complexity index is 3050. The lowest BCUT2D eigenvalue weighted by atomic mass is 9.95. The Morgan fingerprint density at radius 2 is 1.08 bits per heavy atom. The maximum Gasteiger partial charge on any atom is 0.248 e. The van der Waals surface area contributed by atoms with E-state index in [0.29, 0.717) is 18.4 Å². The van der Waals surface area contributed by atoms with Crippen molar-refractivity contribution in [3.05, 3.63) is 35.9 Å². The molecule has 0 saturated carbocycles. The van der Waals surface area contributed by atoms with Crippen LogP contribution in [0.5, 0.6) is 0 Å². The fraction of sp³-hybridized carbons (Fsp3) is 0.710. The number of aliphatic hydroxyl groups excluding tert-OH is 6. The molecule has 0 aromatic heterocycles. The number of nitrogens with one attached hydrogen (secondary N) is 10. The summed E-state index contributed by atoms with van der Waals surface area (Å²) in [6, 6.07) is -12.3. The number of unbranched alkanes of at least 4 members (excludes halogenated alkanes) is 4. The summed E-state index contributed by atoms with van der Waals surface area (Å²) in [5, 5.41) is 91.5. The van der Waals surface area contributed by atoms with E-state index in [0.717, 1.165) is 50.0 Å². The van der Waals surface area contributed by atoms with E-state index in [1.165, 1.54) is 27.7 Å². The molecule has 2 fully saturated rings. The van der Waals surface area contributed by atoms with E-state index < -0.39 is 249 Å². The van der Waals surface area contributed by atoms with Gasteiger partial charge < -0.3 is 105 Å². The topological polar surface area (TPSA) is 539 Å². The molecule has 0 radical (unpaired) electrons. The first-order valence-corrected chi connectivity index (χ1v) is 35.5. The lowest BCUT2D eigenvalue weighted by Gasteiger charge is -2.36. The average molecular weight is 1460 g/mol. The van der Waals surface area contributed by atoms with E-state index in [2.05, 4.69) is 53.2 Å². The van der Waals surface area contributed by atoms with Crippen LogP contribution >= 0.6 is 0 Å². The number of hydrogen-bond acceptors (Lipinski definition) is 20. The molecule has 2 aliphatic heterocycles. The van der Waals surface area contributed by atoms with Gasteiger partial charge in [0.05, 0.1) is 24.4 Å². The van der Waals surface area contributed by atoms with Gasteiger partial charge in [0.2, 0.25) is 82.7 Å². The number of primary amides is 2. The SMILES string of the molecule is CCCCCCCC1CC(=O)NC(C(O)C(N)=O)C(=O)N[C@@H](CCC(N)=O)C(=O)N(C)[C@@H]([C@@H](C)CC)C(=O)N[C@@H]([C@@H](C)O)C(=O)N2C[C@H](O)C[C@H]2C(=O)N[C@@H](Cc2ccccc2)C(=O)N[C@@H]([C@@H](C)O)C(=O)N[C@@H](C(C)C)C(=O)N[C@@H](CCO)C(=O)N[C@@H](CC(C)C)C(=O)NC(C(O)C(C)C)C(=O)N1. The van der Waals surface area contributed by atoms with E-state index in [-0.39, 0.29) is 31.6 Å². The molecule has 0 aliphatic carbocycles. The molecular formula is C69H114N14O20. The maximum atomic E-state index is 14.8. The number of likely N-dealkylation sites (N-methyl/N-ethyl adjacent to an activating group) is 1. The molecule has 2 aliphatic rings. The van der Waals surface area contributed by atoms with Crippen molar-refractivity contribution in [3.8, 4) is 0 Å². The van der Waals surface area contributed by atoms with Gasteiger partial charge >= 0.3 is 0 Å². The summed E-state index contributed by atoms with van der Waals surface area (Å²) >= 11 is 0. The third-order valence-electron chi connectivity index (χ3n) is 18.3. The number of carbonyl (C=O) groups is 14. The van der Waals surface area contributed by atoms with E-state index in [1.54, 1.807) is 58.0 Å². The van der Waals surface area contributed by atoms with Gasteiger partial charge in [-0.05, 0) is 68.8 Å². The first kappa shape index (κ1) is 88.8. The average Bonchev–Trinajstić information content (AvgIpc) is 1.65. The summed E-state index contributed by atoms with van der Waals surface area (Å²) in [4.78, 5) is 201. The number of amides is 14. The summed E-state index contributed by atoms with van der Waals surface area (Å²) in [5.41, 5.74) is 11.5. The quantitative estimate of drug-likeness (QED) is 0.0435. The fourth-order valence-corrected chi connectivity index (χ4v) is 12.1. The van der Waals surface area contributed by atoms with Crippen molar-refractivity contribution >= 4 is 82.7 Å². The van der Waals surface area contributed by atoms with Crippen LogP contribution in [0.25, 0.3) is 0 Å². The summed E-state index contributed by atoms with van der Waals surface area (Å²) in [6.45, 7) is 15.7. The Kier molecular flexibility index (Phi) is 37.0. The second kappa shape index (κ2) is 43.0. The molecule has 3 rings (SSSR count). The molecule has 2 saturated heterocycles. The van der Waals surface area contributed by atoms with Crippen molar-refractivity contribution in [2.24, 2.45) is 35.1 Å². The van der Waals surface area contributed by atoms with Crippen LogP contribution in [-0.2, 0) is 73.5 Å². The smallest absolute Gasteiger partial charge is 0.248 e. The molecule has 0 bridgehead atoms. The largest absolute Gasteiger partial charge is 0.396 e. The summed E-state index contributed by atoms with van der Waals surface area (Å²) in [7, 11) is 1.14. The highest BCUT2D eigenvalue weighted by Crippen LogP contribution is 2.24. The highest BCUT2D eigenvalue weighted by atomic mass is 16.3. The first-order valence-electron chi connectivity index (χ1n) is 35.5. The minimum absolute atomic E-state index is 0.0569. The van der Waals surface area contributed by atoms with E-state index >= 15 is 0 Å². The molecule has 34 nitrogen and oxygen atoms in total. The van der Waals surface area contributed by atoms with Gasteiger partial charge in [0, 0.05) is 51.9 Å². The Hall–Kier alpha value is -8.44. The van der Waals surface area contributed by atoms with Gasteiger partial charge in [-0.15, -0.1) is 0 Å². The summed E-state index contributed by atoms with van der Waals surface area (Å²) in [6.07, 6.45) is -8.62. The maximum absolute atomic E-state index is 14.8. The van der Waals surface area contributed by atoms with Crippen molar-refractivity contribution in [2.45, 2.75) is 269 Å². The molecule has 34 heteroatoms. The Labute approximate surface area is 601 Å². The zero-order valence-electron chi connectivity index (χ0n) is 61.3. The van der Waals surface area contributed by atoms with Crippen LogP contribution in [0.2, 0.25) is 0 Å². The molecule has 14 amide bonds. The van der Waals surface area contributed by atoms with Crippen molar-refractivity contribution in [1.29, 1.82) is 0 Å². The number of hydrogen-bond donors (Lipinski definition) is 18. The molecule has 1 aromatic rings. The van der Waals surface area contributed by atoms with Gasteiger partial charge in [-0.3, -0.25) is 67.1 Å². The van der Waals surface area contributed by atoms with Gasteiger partial charge in [-0.1, -0.05) is 131 Å². The monoisotopic (exact) mass is 1460 g/mol. The third kappa shape index (κ3) is 27.6. The highest BCUT2D eigenvalue weighted by Gasteiger charge is 2.47. The van der Waals surface area contributed by atoms with Crippen molar-refractivity contribution in [1.82, 2.24) is 63.0 Å². The van der Waals surface area contributed by atoms with E-state index in [1.807, 2.05) is 6.92 Å². The molecule has 18 atom stereocenters. The predicted octanol–water partition coefficient (Wildman–Crippen LogP) is -4.35. The molecule has 0 spiro atoms. The zero-order valence-corrected chi connectivity index (χ0v) is 61.3. The number of rotatable bonds is 24. The van der Waals surface area contributed by atoms with E-state index in [4.69, 9.17) is 11.5 Å². The van der Waals surface area contributed by atoms with Crippen LogP contribution in [0.3, 0.4) is 0 Å². The fourth-order valence-electron chi connectivity index (χ4n) is 12.1. The molecule has 1 aromatic carbocycles. The van der Waals surface area contributed by atoms with Crippen LogP contribution in [0.4, 0.5) is 0 Å². The van der Waals surface area contributed by atoms with Gasteiger partial charge in [0.25, 0.3) is 0 Å². The van der Waals surface area contributed by atoms with Crippen LogP contribution in [0.1, 0.15) is 165 Å². The lowest BCUT2D eigenvalue weighted by molar-refractivity contribution is -0.148. The second-order valence-corrected chi connectivity index (χ2v) is 28.2. The highest BCUT2D eigenvalue weighted by molar-refractivity contribution is 6.01. The lowest BCUT2D eigenvalue weighted by Crippen LogP contribution is -2.64. The zero-order chi connectivity index (χ0) is 77.9. The van der Waals surface area contributed by atoms with Gasteiger partial charge in [-0.2, -0.15) is 0 Å². The third-order valence-corrected chi connectivity index (χ3v) is 18.3. The van der Waals surface area contributed by atoms with Crippen LogP contribution in [0.15, 0.2) is 30.3 Å². The number of carbonyl (C=O) groups excluding carboxylic acids is 14. The summed E-state index contributed by atoms with van der Waals surface area (Å²) in [5.74, 6) is -18.4. The number of nitrogens with two attached hydrogens (primary N) is 2. The Morgan fingerprint density at radius 3 is 1.63 bits per heavy atom. The molecule has 20 N–H and O–H groups in total. The van der Waals surface area contributed by atoms with Crippen molar-refractivity contribution < 1.29 is 97.8 Å². The second-order valence-electron chi connectivity index (χ2n) is 28.2. The van der Waals surface area contributed by atoms with Crippen LogP contribution in [0, 0.1) is 23.7 Å². The minimum atomic E-state index is -2.52. The number of fused-ring (bicyclic) bond motifs is 1. The van der Waals surface area contributed by atoms with Crippen LogP contribution < -0.4 is 64.6 Å². The van der Waals surface area contributed by atoms with Gasteiger partial charge in [0.15, 0.2) is 6.10 Å². The Balaban J connectivity index is 2.35. The molecule has 103 heavy (non-hydrogen) atoms. The molecule has 2 heterocycles. The number of nitrogens with zero attached hydrogens (tertiary/aromatic N) is 2. The molecule has 580 valence electrons. The molecular weight excluding hydrogens is 1340 g/mol. The predicted molar refractivity (Wildman–Crippen MR) is 373 cm³/mol. The van der Waals surface area contributed by atoms with Gasteiger partial charge in [-0.25, -0.2) is 0 Å². The number of benzene rings is 1. The minimum Gasteiger partial charge on any atom is -0.396 e. The van der Waals surface area contributed by atoms with Crippen molar-refractivity contribution in [3.63, 3.8) is 0 Å². The number of aliphatic hydroxyl groups is 6. The Morgan fingerprint density at radius 1 is 0.553 bits per heavy atom. The molecule has 5 unspecified atom stereocenters. The van der Waals surface area contributed by atoms with Crippen molar-refractivity contribution in [2.75, 3.05) is 20.2 Å². The van der Waals surface area contributed by atoms with E-state index in [9.17, 15) is 97.8 Å². The van der Waals surface area contributed by atoms with Crippen LogP contribution in [-0.4, -0.2) is 246 Å². The summed E-state index contributed by atoms with van der Waals surface area (Å²) < 4.78 is 0. The first-order chi connectivity index (χ1) is 48.3. The van der Waals surface area contributed by atoms with Gasteiger partial charge in [0.1, 0.15) is 66.5 Å². The standard InChI is InChI=1S/C69H114N14O20/c1-13-15-16-17-21-24-41-31-49(89)77-54(57(91)58(71)92)66(100)74-44(25-26-48(70)88)68(102)82(12)55(37(9)14-2)67(101)80-52(39(11)86)69(103)83-33-42(87)32-47(83)62(96)76-46(30-40-22-19-18-20-23-40)61(95)79-51(38(10)85)64(98)78-50(35(5)6)63(97)73-43(27-28-84)59(93)75-45(29-34(3)4)60(94)81-53(65(99)72-41)56(90)36(7)8/h18-20,22-23,34-39,41-47,50-57,84-87,90-91H,13-17,21,24-33H2,1-12H3,(H2,70,88)(H2,71,92)(H,72,99)(H,73,97)(H,74,100)(H,75,93)(H,76,96)(H,77,89)(H,78,98)(H,79,95)(H,80,101)(H,81,94)/t37-,38+,39+,41?,42+,43-,44-,45-,46-,47-,50-,51-,52-,53?,54?,55-,56?,57?/m0/s1. The normalized spacial score (nSPS) is 27.4.